The van der Waals surface area contributed by atoms with E-state index >= 15 is 0 Å². The van der Waals surface area contributed by atoms with Crippen LogP contribution in [0.25, 0.3) is 10.9 Å². The number of rotatable bonds is 4. The van der Waals surface area contributed by atoms with E-state index in [9.17, 15) is 14.0 Å². The first-order valence-corrected chi connectivity index (χ1v) is 7.43. The smallest absolute Gasteiger partial charge is 0.244 e. The zero-order valence-corrected chi connectivity index (χ0v) is 13.0. The molecule has 2 amide bonds. The molecule has 2 aromatic carbocycles. The molecule has 6 heteroatoms. The van der Waals surface area contributed by atoms with Gasteiger partial charge in [0.05, 0.1) is 0 Å². The third kappa shape index (κ3) is 3.60. The minimum atomic E-state index is -0.302. The van der Waals surface area contributed by atoms with Crippen molar-refractivity contribution in [1.82, 2.24) is 4.57 Å². The first kappa shape index (κ1) is 15.7. The fourth-order valence-electron chi connectivity index (χ4n) is 2.50. The Morgan fingerprint density at radius 3 is 2.33 bits per heavy atom. The Bertz CT molecular complexity index is 900. The summed E-state index contributed by atoms with van der Waals surface area (Å²) >= 11 is 0. The van der Waals surface area contributed by atoms with Crippen LogP contribution < -0.4 is 10.6 Å². The van der Waals surface area contributed by atoms with Crippen LogP contribution in [0.2, 0.25) is 0 Å². The van der Waals surface area contributed by atoms with Gasteiger partial charge in [-0.15, -0.1) is 0 Å². The van der Waals surface area contributed by atoms with E-state index in [0.717, 1.165) is 10.9 Å². The molecule has 1 heterocycles. The van der Waals surface area contributed by atoms with Gasteiger partial charge in [0.2, 0.25) is 11.8 Å². The van der Waals surface area contributed by atoms with Crippen molar-refractivity contribution >= 4 is 34.1 Å². The molecule has 24 heavy (non-hydrogen) atoms. The summed E-state index contributed by atoms with van der Waals surface area (Å²) in [4.78, 5) is 23.2. The van der Waals surface area contributed by atoms with Crippen molar-refractivity contribution in [2.75, 3.05) is 10.6 Å². The van der Waals surface area contributed by atoms with Crippen molar-refractivity contribution in [3.05, 3.63) is 60.5 Å². The molecule has 0 spiro atoms. The highest BCUT2D eigenvalue weighted by atomic mass is 19.1. The molecule has 0 unspecified atom stereocenters. The number of nitrogens with zero attached hydrogens (tertiary/aromatic N) is 1. The van der Waals surface area contributed by atoms with E-state index in [2.05, 4.69) is 10.6 Å². The molecule has 5 nitrogen and oxygen atoms in total. The lowest BCUT2D eigenvalue weighted by molar-refractivity contribution is -0.116. The molecule has 0 aliphatic rings. The fourth-order valence-corrected chi connectivity index (χ4v) is 2.50. The third-order valence-electron chi connectivity index (χ3n) is 3.54. The Labute approximate surface area is 138 Å². The second-order valence-electron chi connectivity index (χ2n) is 5.45. The molecule has 0 radical (unpaired) electrons. The maximum Gasteiger partial charge on any atom is 0.244 e. The summed E-state index contributed by atoms with van der Waals surface area (Å²) in [6.45, 7) is 1.56. The summed E-state index contributed by atoms with van der Waals surface area (Å²) < 4.78 is 15.0. The zero-order chi connectivity index (χ0) is 17.1. The number of anilines is 2. The molecule has 0 atom stereocenters. The molecule has 0 fully saturated rings. The van der Waals surface area contributed by atoms with Crippen molar-refractivity contribution < 1.29 is 14.0 Å². The fraction of sp³-hybridized carbons (Fsp3) is 0.111. The second-order valence-corrected chi connectivity index (χ2v) is 5.45. The van der Waals surface area contributed by atoms with Gasteiger partial charge in [-0.3, -0.25) is 9.59 Å². The zero-order valence-electron chi connectivity index (χ0n) is 13.0. The lowest BCUT2D eigenvalue weighted by atomic mass is 10.2. The normalized spacial score (nSPS) is 10.6. The van der Waals surface area contributed by atoms with Crippen LogP contribution in [0.3, 0.4) is 0 Å². The van der Waals surface area contributed by atoms with Crippen LogP contribution in [0, 0.1) is 5.82 Å². The molecule has 0 bridgehead atoms. The van der Waals surface area contributed by atoms with Gasteiger partial charge in [-0.1, -0.05) is 0 Å². The topological polar surface area (TPSA) is 63.1 Å². The maximum absolute atomic E-state index is 13.2. The Morgan fingerprint density at radius 1 is 1.00 bits per heavy atom. The Kier molecular flexibility index (Phi) is 4.29. The minimum Gasteiger partial charge on any atom is -0.338 e. The monoisotopic (exact) mass is 325 g/mol. The van der Waals surface area contributed by atoms with Gasteiger partial charge in [0.25, 0.3) is 0 Å². The molecule has 3 aromatic rings. The summed E-state index contributed by atoms with van der Waals surface area (Å²) in [6.07, 6.45) is 1.75. The van der Waals surface area contributed by atoms with Crippen LogP contribution in [0.4, 0.5) is 15.8 Å². The lowest BCUT2D eigenvalue weighted by Gasteiger charge is -2.08. The van der Waals surface area contributed by atoms with Gasteiger partial charge in [-0.05, 0) is 48.5 Å². The summed E-state index contributed by atoms with van der Waals surface area (Å²) in [5, 5.41) is 6.20. The predicted octanol–water partition coefficient (Wildman–Crippen LogP) is 3.38. The molecule has 0 saturated heterocycles. The largest absolute Gasteiger partial charge is 0.338 e. The third-order valence-corrected chi connectivity index (χ3v) is 3.54. The molecule has 1 aromatic heterocycles. The number of fused-ring (bicyclic) bond motifs is 1. The van der Waals surface area contributed by atoms with Gasteiger partial charge in [-0.2, -0.15) is 0 Å². The average molecular weight is 325 g/mol. The lowest BCUT2D eigenvalue weighted by Crippen LogP contribution is -2.18. The molecule has 122 valence electrons. The molecular weight excluding hydrogens is 309 g/mol. The number of carbonyl (C=O) groups excluding carboxylic acids is 2. The second kappa shape index (κ2) is 6.54. The SMILES string of the molecule is CC(=O)Nc1ccc(NC(=O)Cn2ccc3cc(F)ccc32)cc1. The van der Waals surface area contributed by atoms with Crippen LogP contribution in [0.1, 0.15) is 6.92 Å². The average Bonchev–Trinajstić information content (AvgIpc) is 2.90. The Balaban J connectivity index is 1.67. The van der Waals surface area contributed by atoms with E-state index < -0.39 is 0 Å². The van der Waals surface area contributed by atoms with Gasteiger partial charge < -0.3 is 15.2 Å². The molecule has 0 aliphatic heterocycles. The Morgan fingerprint density at radius 2 is 1.67 bits per heavy atom. The quantitative estimate of drug-likeness (QED) is 0.772. The van der Waals surface area contributed by atoms with Gasteiger partial charge in [0, 0.05) is 35.4 Å². The predicted molar refractivity (Wildman–Crippen MR) is 91.3 cm³/mol. The highest BCUT2D eigenvalue weighted by Crippen LogP contribution is 2.18. The minimum absolute atomic E-state index is 0.128. The highest BCUT2D eigenvalue weighted by molar-refractivity contribution is 5.93. The van der Waals surface area contributed by atoms with E-state index in [1.165, 1.54) is 19.1 Å². The van der Waals surface area contributed by atoms with E-state index in [4.69, 9.17) is 0 Å². The number of hydrogen-bond acceptors (Lipinski definition) is 2. The standard InChI is InChI=1S/C18H16FN3O2/c1-12(23)20-15-3-5-16(6-4-15)21-18(24)11-22-9-8-13-10-14(19)2-7-17(13)22/h2-10H,11H2,1H3,(H,20,23)(H,21,24). The number of benzene rings is 2. The summed E-state index contributed by atoms with van der Waals surface area (Å²) in [7, 11) is 0. The summed E-state index contributed by atoms with van der Waals surface area (Å²) in [5.41, 5.74) is 2.10. The molecule has 0 saturated carbocycles. The van der Waals surface area contributed by atoms with E-state index in [1.807, 2.05) is 0 Å². The van der Waals surface area contributed by atoms with Crippen LogP contribution in [-0.2, 0) is 16.1 Å². The van der Waals surface area contributed by atoms with E-state index in [1.54, 1.807) is 47.2 Å². The van der Waals surface area contributed by atoms with Crippen LogP contribution >= 0.6 is 0 Å². The van der Waals surface area contributed by atoms with Crippen LogP contribution in [0.15, 0.2) is 54.7 Å². The van der Waals surface area contributed by atoms with Crippen molar-refractivity contribution in [3.8, 4) is 0 Å². The maximum atomic E-state index is 13.2. The molecule has 0 aliphatic carbocycles. The number of amides is 2. The Hall–Kier alpha value is -3.15. The van der Waals surface area contributed by atoms with E-state index in [0.29, 0.717) is 11.4 Å². The summed E-state index contributed by atoms with van der Waals surface area (Å²) in [6, 6.07) is 13.1. The number of hydrogen-bond donors (Lipinski definition) is 2. The number of aromatic nitrogens is 1. The first-order chi connectivity index (χ1) is 11.5. The van der Waals surface area contributed by atoms with E-state index in [-0.39, 0.29) is 24.2 Å². The van der Waals surface area contributed by atoms with Gasteiger partial charge in [0.1, 0.15) is 12.4 Å². The molecular formula is C18H16FN3O2. The van der Waals surface area contributed by atoms with Crippen molar-refractivity contribution in [1.29, 1.82) is 0 Å². The van der Waals surface area contributed by atoms with Crippen molar-refractivity contribution in [3.63, 3.8) is 0 Å². The molecule has 3 rings (SSSR count). The number of halogens is 1. The van der Waals surface area contributed by atoms with Crippen molar-refractivity contribution in [2.24, 2.45) is 0 Å². The van der Waals surface area contributed by atoms with Gasteiger partial charge in [0.15, 0.2) is 0 Å². The van der Waals surface area contributed by atoms with Crippen molar-refractivity contribution in [2.45, 2.75) is 13.5 Å². The van der Waals surface area contributed by atoms with Gasteiger partial charge >= 0.3 is 0 Å². The number of nitrogens with one attached hydrogen (secondary N) is 2. The van der Waals surface area contributed by atoms with Gasteiger partial charge in [-0.25, -0.2) is 4.39 Å². The van der Waals surface area contributed by atoms with Crippen LogP contribution in [-0.4, -0.2) is 16.4 Å². The number of carbonyl (C=O) groups is 2. The summed E-state index contributed by atoms with van der Waals surface area (Å²) in [5.74, 6) is -0.643. The molecule has 2 N–H and O–H groups in total. The first-order valence-electron chi connectivity index (χ1n) is 7.43. The van der Waals surface area contributed by atoms with Crippen LogP contribution in [0.5, 0.6) is 0 Å². The highest BCUT2D eigenvalue weighted by Gasteiger charge is 2.07.